The molecule has 0 atom stereocenters. The number of ether oxygens (including phenoxy) is 1. The van der Waals surface area contributed by atoms with Crippen molar-refractivity contribution in [3.05, 3.63) is 64.4 Å². The van der Waals surface area contributed by atoms with Gasteiger partial charge in [-0.15, -0.1) is 0 Å². The van der Waals surface area contributed by atoms with Gasteiger partial charge in [0.25, 0.3) is 0 Å². The Morgan fingerprint density at radius 1 is 1.14 bits per heavy atom. The lowest BCUT2D eigenvalue weighted by molar-refractivity contribution is 0.0601. The molecule has 28 heavy (non-hydrogen) atoms. The maximum atomic E-state index is 12.1. The topological polar surface area (TPSA) is 93.4 Å². The third kappa shape index (κ3) is 4.11. The molecule has 9 heteroatoms. The van der Waals surface area contributed by atoms with Crippen molar-refractivity contribution in [2.24, 2.45) is 0 Å². The van der Waals surface area contributed by atoms with Crippen LogP contribution in [0.15, 0.2) is 48.8 Å². The van der Waals surface area contributed by atoms with Crippen LogP contribution < -0.4 is 16.0 Å². The summed E-state index contributed by atoms with van der Waals surface area (Å²) in [6.45, 7) is 0. The zero-order chi connectivity index (χ0) is 20.3. The summed E-state index contributed by atoms with van der Waals surface area (Å²) in [5, 5.41) is 4.04. The van der Waals surface area contributed by atoms with Gasteiger partial charge in [0.1, 0.15) is 12.0 Å². The van der Waals surface area contributed by atoms with Crippen LogP contribution in [0.2, 0.25) is 10.0 Å². The van der Waals surface area contributed by atoms with Crippen LogP contribution in [0, 0.1) is 0 Å². The summed E-state index contributed by atoms with van der Waals surface area (Å²) in [6.07, 6.45) is 1.37. The molecule has 0 aliphatic rings. The first-order valence-electron chi connectivity index (χ1n) is 8.15. The number of rotatable bonds is 5. The SMILES string of the molecule is COC(=O)c1ccccc1N(C)c1ncnc(Nc2cc(Cl)cc(Cl)c2)c1N. The number of carbonyl (C=O) groups excluding carboxylic acids is 1. The van der Waals surface area contributed by atoms with Crippen LogP contribution in [0.5, 0.6) is 0 Å². The average molecular weight is 418 g/mol. The number of anilines is 5. The fourth-order valence-corrected chi connectivity index (χ4v) is 3.20. The van der Waals surface area contributed by atoms with Crippen molar-refractivity contribution in [2.75, 3.05) is 30.1 Å². The molecule has 7 nitrogen and oxygen atoms in total. The Kier molecular flexibility index (Phi) is 5.87. The van der Waals surface area contributed by atoms with E-state index in [4.69, 9.17) is 33.7 Å². The van der Waals surface area contributed by atoms with Crippen LogP contribution in [0.4, 0.5) is 28.7 Å². The number of methoxy groups -OCH3 is 1. The molecule has 0 bridgehead atoms. The van der Waals surface area contributed by atoms with E-state index >= 15 is 0 Å². The summed E-state index contributed by atoms with van der Waals surface area (Å²) in [4.78, 5) is 22.2. The van der Waals surface area contributed by atoms with Crippen molar-refractivity contribution in [1.29, 1.82) is 0 Å². The van der Waals surface area contributed by atoms with Gasteiger partial charge >= 0.3 is 5.97 Å². The van der Waals surface area contributed by atoms with Crippen molar-refractivity contribution in [3.8, 4) is 0 Å². The monoisotopic (exact) mass is 417 g/mol. The van der Waals surface area contributed by atoms with Crippen molar-refractivity contribution in [2.45, 2.75) is 0 Å². The van der Waals surface area contributed by atoms with Crippen molar-refractivity contribution >= 4 is 57.9 Å². The Morgan fingerprint density at radius 3 is 2.50 bits per heavy atom. The largest absolute Gasteiger partial charge is 0.465 e. The van der Waals surface area contributed by atoms with Gasteiger partial charge in [0.05, 0.1) is 18.4 Å². The minimum Gasteiger partial charge on any atom is -0.465 e. The van der Waals surface area contributed by atoms with E-state index < -0.39 is 5.97 Å². The number of esters is 1. The van der Waals surface area contributed by atoms with Gasteiger partial charge in [-0.05, 0) is 30.3 Å². The number of hydrogen-bond acceptors (Lipinski definition) is 7. The molecule has 0 saturated carbocycles. The number of para-hydroxylation sites is 1. The number of hydrogen-bond donors (Lipinski definition) is 2. The number of aromatic nitrogens is 2. The highest BCUT2D eigenvalue weighted by molar-refractivity contribution is 6.35. The van der Waals surface area contributed by atoms with E-state index in [0.717, 1.165) is 0 Å². The summed E-state index contributed by atoms with van der Waals surface area (Å²) in [5.41, 5.74) is 8.20. The first-order valence-corrected chi connectivity index (χ1v) is 8.91. The van der Waals surface area contributed by atoms with Crippen molar-refractivity contribution < 1.29 is 9.53 Å². The predicted molar refractivity (Wildman–Crippen MR) is 112 cm³/mol. The van der Waals surface area contributed by atoms with Crippen LogP contribution in [0.1, 0.15) is 10.4 Å². The smallest absolute Gasteiger partial charge is 0.339 e. The number of nitrogen functional groups attached to an aromatic ring is 1. The molecule has 1 heterocycles. The number of halogens is 2. The Hall–Kier alpha value is -3.03. The Labute approximate surface area is 172 Å². The number of nitrogens with zero attached hydrogens (tertiary/aromatic N) is 3. The van der Waals surface area contributed by atoms with Gasteiger partial charge in [0, 0.05) is 22.8 Å². The maximum Gasteiger partial charge on any atom is 0.339 e. The highest BCUT2D eigenvalue weighted by Gasteiger charge is 2.19. The molecule has 3 aromatic rings. The molecule has 0 radical (unpaired) electrons. The summed E-state index contributed by atoms with van der Waals surface area (Å²) < 4.78 is 4.85. The second-order valence-electron chi connectivity index (χ2n) is 5.81. The molecular weight excluding hydrogens is 401 g/mol. The van der Waals surface area contributed by atoms with Gasteiger partial charge in [0.15, 0.2) is 11.6 Å². The van der Waals surface area contributed by atoms with E-state index in [9.17, 15) is 4.79 Å². The molecule has 0 aliphatic heterocycles. The molecule has 2 aromatic carbocycles. The normalized spacial score (nSPS) is 10.4. The fraction of sp³-hybridized carbons (Fsp3) is 0.105. The Morgan fingerprint density at radius 2 is 1.82 bits per heavy atom. The molecule has 0 unspecified atom stereocenters. The highest BCUT2D eigenvalue weighted by atomic mass is 35.5. The lowest BCUT2D eigenvalue weighted by Gasteiger charge is -2.23. The molecule has 144 valence electrons. The molecule has 0 saturated heterocycles. The zero-order valence-electron chi connectivity index (χ0n) is 15.1. The van der Waals surface area contributed by atoms with Gasteiger partial charge < -0.3 is 20.7 Å². The van der Waals surface area contributed by atoms with E-state index in [-0.39, 0.29) is 0 Å². The Balaban J connectivity index is 1.98. The second kappa shape index (κ2) is 8.33. The van der Waals surface area contributed by atoms with Crippen LogP contribution >= 0.6 is 23.2 Å². The summed E-state index contributed by atoms with van der Waals surface area (Å²) in [6, 6.07) is 12.0. The van der Waals surface area contributed by atoms with Crippen LogP contribution in [-0.4, -0.2) is 30.1 Å². The lowest BCUT2D eigenvalue weighted by Crippen LogP contribution is -2.18. The fourth-order valence-electron chi connectivity index (χ4n) is 2.68. The van der Waals surface area contributed by atoms with Gasteiger partial charge in [-0.25, -0.2) is 14.8 Å². The summed E-state index contributed by atoms with van der Waals surface area (Å²) in [7, 11) is 3.08. The Bertz CT molecular complexity index is 1010. The molecule has 0 aliphatic carbocycles. The van der Waals surface area contributed by atoms with E-state index in [2.05, 4.69) is 15.3 Å². The minimum absolute atomic E-state index is 0.292. The number of carbonyl (C=O) groups is 1. The van der Waals surface area contributed by atoms with Crippen LogP contribution in [0.3, 0.4) is 0 Å². The van der Waals surface area contributed by atoms with Gasteiger partial charge in [-0.2, -0.15) is 0 Å². The third-order valence-corrected chi connectivity index (χ3v) is 4.41. The standard InChI is InChI=1S/C19H17Cl2N5O2/c1-26(15-6-4-3-5-14(15)19(27)28-2)18-16(22)17(23-10-24-18)25-13-8-11(20)7-12(21)9-13/h3-10H,22H2,1-2H3,(H,23,24,25). The van der Waals surface area contributed by atoms with E-state index in [1.54, 1.807) is 48.3 Å². The van der Waals surface area contributed by atoms with Gasteiger partial charge in [0.2, 0.25) is 0 Å². The summed E-state index contributed by atoms with van der Waals surface area (Å²) in [5.74, 6) is 0.342. The lowest BCUT2D eigenvalue weighted by atomic mass is 10.1. The van der Waals surface area contributed by atoms with E-state index in [1.807, 2.05) is 6.07 Å². The van der Waals surface area contributed by atoms with Crippen LogP contribution in [0.25, 0.3) is 0 Å². The van der Waals surface area contributed by atoms with Crippen molar-refractivity contribution in [3.63, 3.8) is 0 Å². The molecule has 0 spiro atoms. The van der Waals surface area contributed by atoms with Crippen LogP contribution in [-0.2, 0) is 4.74 Å². The molecule has 0 amide bonds. The number of nitrogens with two attached hydrogens (primary N) is 1. The molecule has 0 fully saturated rings. The molecule has 3 N–H and O–H groups in total. The quantitative estimate of drug-likeness (QED) is 0.582. The molecule has 1 aromatic heterocycles. The van der Waals surface area contributed by atoms with E-state index in [0.29, 0.717) is 44.3 Å². The maximum absolute atomic E-state index is 12.1. The summed E-state index contributed by atoms with van der Waals surface area (Å²) >= 11 is 12.1. The zero-order valence-corrected chi connectivity index (χ0v) is 16.6. The first-order chi connectivity index (χ1) is 13.4. The minimum atomic E-state index is -0.456. The second-order valence-corrected chi connectivity index (χ2v) is 6.68. The number of nitrogens with one attached hydrogen (secondary N) is 1. The van der Waals surface area contributed by atoms with Gasteiger partial charge in [-0.1, -0.05) is 35.3 Å². The number of benzene rings is 2. The highest BCUT2D eigenvalue weighted by Crippen LogP contribution is 2.34. The first kappa shape index (κ1) is 19.7. The predicted octanol–water partition coefficient (Wildman–Crippen LogP) is 4.66. The molecule has 3 rings (SSSR count). The van der Waals surface area contributed by atoms with Gasteiger partial charge in [-0.3, -0.25) is 0 Å². The third-order valence-electron chi connectivity index (χ3n) is 3.98. The molecular formula is C19H17Cl2N5O2. The van der Waals surface area contributed by atoms with Crippen molar-refractivity contribution in [1.82, 2.24) is 9.97 Å². The average Bonchev–Trinajstić information content (AvgIpc) is 2.67. The van der Waals surface area contributed by atoms with E-state index in [1.165, 1.54) is 13.4 Å².